The molecule has 1 fully saturated rings. The third kappa shape index (κ3) is 3.57. The molecule has 0 aromatic heterocycles. The first kappa shape index (κ1) is 13.6. The lowest BCUT2D eigenvalue weighted by atomic mass is 9.86. The molecule has 1 aromatic rings. The first-order valence-electron chi connectivity index (χ1n) is 6.97. The van der Waals surface area contributed by atoms with Crippen LogP contribution < -0.4 is 4.90 Å². The highest BCUT2D eigenvalue weighted by atomic mass is 16.2. The van der Waals surface area contributed by atoms with Crippen LogP contribution in [0.3, 0.4) is 0 Å². The van der Waals surface area contributed by atoms with Crippen LogP contribution in [0.25, 0.3) is 0 Å². The van der Waals surface area contributed by atoms with Crippen molar-refractivity contribution in [1.29, 1.82) is 5.26 Å². The van der Waals surface area contributed by atoms with E-state index in [0.29, 0.717) is 17.9 Å². The van der Waals surface area contributed by atoms with Gasteiger partial charge in [-0.15, -0.1) is 0 Å². The highest BCUT2D eigenvalue weighted by molar-refractivity contribution is 5.92. The van der Waals surface area contributed by atoms with Crippen LogP contribution >= 0.6 is 0 Å². The Morgan fingerprint density at radius 1 is 1.26 bits per heavy atom. The minimum Gasteiger partial charge on any atom is -0.315 e. The molecule has 0 spiro atoms. The maximum absolute atomic E-state index is 12.2. The minimum atomic E-state index is 0.177. The predicted molar refractivity (Wildman–Crippen MR) is 75.8 cm³/mol. The van der Waals surface area contributed by atoms with Crippen molar-refractivity contribution in [2.45, 2.75) is 38.5 Å². The average Bonchev–Trinajstić information content (AvgIpc) is 2.47. The average molecular weight is 256 g/mol. The van der Waals surface area contributed by atoms with Crippen LogP contribution in [0.5, 0.6) is 0 Å². The largest absolute Gasteiger partial charge is 0.315 e. The van der Waals surface area contributed by atoms with Crippen LogP contribution in [-0.4, -0.2) is 13.0 Å². The van der Waals surface area contributed by atoms with Crippen LogP contribution in [0.2, 0.25) is 0 Å². The molecule has 0 unspecified atom stereocenters. The van der Waals surface area contributed by atoms with Gasteiger partial charge in [0.05, 0.1) is 11.6 Å². The molecule has 0 N–H and O–H groups in total. The summed E-state index contributed by atoms with van der Waals surface area (Å²) >= 11 is 0. The summed E-state index contributed by atoms with van der Waals surface area (Å²) in [5.74, 6) is 0.735. The van der Waals surface area contributed by atoms with Crippen molar-refractivity contribution < 1.29 is 4.79 Å². The summed E-state index contributed by atoms with van der Waals surface area (Å²) in [6.45, 7) is 0. The van der Waals surface area contributed by atoms with Crippen molar-refractivity contribution in [1.82, 2.24) is 0 Å². The zero-order valence-electron chi connectivity index (χ0n) is 11.4. The van der Waals surface area contributed by atoms with Gasteiger partial charge in [0, 0.05) is 19.2 Å². The van der Waals surface area contributed by atoms with E-state index in [0.717, 1.165) is 5.69 Å². The molecule has 19 heavy (non-hydrogen) atoms. The normalized spacial score (nSPS) is 15.8. The van der Waals surface area contributed by atoms with Crippen LogP contribution in [-0.2, 0) is 4.79 Å². The quantitative estimate of drug-likeness (QED) is 0.831. The number of rotatable bonds is 3. The lowest BCUT2D eigenvalue weighted by Gasteiger charge is -2.24. The van der Waals surface area contributed by atoms with Crippen molar-refractivity contribution in [3.05, 3.63) is 29.8 Å². The maximum Gasteiger partial charge on any atom is 0.226 e. The van der Waals surface area contributed by atoms with Gasteiger partial charge in [0.15, 0.2) is 0 Å². The van der Waals surface area contributed by atoms with Gasteiger partial charge < -0.3 is 4.90 Å². The van der Waals surface area contributed by atoms with Crippen molar-refractivity contribution in [2.75, 3.05) is 11.9 Å². The summed E-state index contributed by atoms with van der Waals surface area (Å²) in [7, 11) is 1.81. The fourth-order valence-electron chi connectivity index (χ4n) is 2.68. The van der Waals surface area contributed by atoms with E-state index >= 15 is 0 Å². The Hall–Kier alpha value is -1.82. The summed E-state index contributed by atoms with van der Waals surface area (Å²) in [4.78, 5) is 13.9. The Balaban J connectivity index is 1.95. The third-order valence-corrected chi connectivity index (χ3v) is 3.95. The van der Waals surface area contributed by atoms with Gasteiger partial charge in [0.1, 0.15) is 0 Å². The number of hydrogen-bond acceptors (Lipinski definition) is 2. The summed E-state index contributed by atoms with van der Waals surface area (Å²) in [6.07, 6.45) is 6.86. The van der Waals surface area contributed by atoms with Gasteiger partial charge >= 0.3 is 0 Å². The van der Waals surface area contributed by atoms with E-state index in [2.05, 4.69) is 6.07 Å². The molecule has 0 bridgehead atoms. The van der Waals surface area contributed by atoms with E-state index in [1.807, 2.05) is 19.2 Å². The Morgan fingerprint density at radius 2 is 1.89 bits per heavy atom. The molecule has 0 heterocycles. The molecule has 1 aliphatic rings. The van der Waals surface area contributed by atoms with E-state index in [1.54, 1.807) is 17.0 Å². The number of amides is 1. The predicted octanol–water partition coefficient (Wildman–Crippen LogP) is 3.49. The van der Waals surface area contributed by atoms with Gasteiger partial charge in [-0.05, 0) is 43.0 Å². The van der Waals surface area contributed by atoms with Crippen molar-refractivity contribution >= 4 is 11.6 Å². The third-order valence-electron chi connectivity index (χ3n) is 3.95. The van der Waals surface area contributed by atoms with Gasteiger partial charge in [0.25, 0.3) is 0 Å². The molecule has 1 aliphatic carbocycles. The second kappa shape index (κ2) is 6.38. The lowest BCUT2D eigenvalue weighted by Crippen LogP contribution is -2.28. The Morgan fingerprint density at radius 3 is 2.47 bits per heavy atom. The zero-order chi connectivity index (χ0) is 13.7. The van der Waals surface area contributed by atoms with E-state index < -0.39 is 0 Å². The Labute approximate surface area is 114 Å². The number of nitrogens with zero attached hydrogens (tertiary/aromatic N) is 2. The molecule has 1 amide bonds. The van der Waals surface area contributed by atoms with Crippen molar-refractivity contribution in [2.24, 2.45) is 5.92 Å². The molecule has 3 heteroatoms. The molecular weight excluding hydrogens is 236 g/mol. The summed E-state index contributed by atoms with van der Waals surface area (Å²) < 4.78 is 0. The van der Waals surface area contributed by atoms with Gasteiger partial charge in [-0.2, -0.15) is 5.26 Å². The van der Waals surface area contributed by atoms with Gasteiger partial charge in [-0.25, -0.2) is 0 Å². The molecule has 0 saturated heterocycles. The molecule has 100 valence electrons. The summed E-state index contributed by atoms with van der Waals surface area (Å²) in [5, 5.41) is 8.76. The van der Waals surface area contributed by atoms with Gasteiger partial charge in [-0.1, -0.05) is 19.3 Å². The topological polar surface area (TPSA) is 44.1 Å². The van der Waals surface area contributed by atoms with E-state index in [1.165, 1.54) is 32.1 Å². The van der Waals surface area contributed by atoms with Crippen LogP contribution in [0.15, 0.2) is 24.3 Å². The standard InChI is InChI=1S/C16H20N2O/c1-18(15-9-7-14(12-17)8-10-15)16(19)11-13-5-3-2-4-6-13/h7-10,13H,2-6,11H2,1H3. The van der Waals surface area contributed by atoms with Gasteiger partial charge in [0.2, 0.25) is 5.91 Å². The molecule has 1 aromatic carbocycles. The van der Waals surface area contributed by atoms with Crippen molar-refractivity contribution in [3.63, 3.8) is 0 Å². The summed E-state index contributed by atoms with van der Waals surface area (Å²) in [6, 6.07) is 9.25. The van der Waals surface area contributed by atoms with Crippen molar-refractivity contribution in [3.8, 4) is 6.07 Å². The lowest BCUT2D eigenvalue weighted by molar-refractivity contribution is -0.119. The second-order valence-corrected chi connectivity index (χ2v) is 5.32. The molecule has 0 atom stereocenters. The Bertz CT molecular complexity index is 467. The van der Waals surface area contributed by atoms with E-state index in [-0.39, 0.29) is 5.91 Å². The van der Waals surface area contributed by atoms with E-state index in [9.17, 15) is 4.79 Å². The molecule has 0 radical (unpaired) electrons. The molecule has 3 nitrogen and oxygen atoms in total. The first-order chi connectivity index (χ1) is 9.20. The maximum atomic E-state index is 12.2. The SMILES string of the molecule is CN(C(=O)CC1CCCCC1)c1ccc(C#N)cc1. The van der Waals surface area contributed by atoms with E-state index in [4.69, 9.17) is 5.26 Å². The number of hydrogen-bond donors (Lipinski definition) is 0. The number of carbonyl (C=O) groups is 1. The molecular formula is C16H20N2O. The minimum absolute atomic E-state index is 0.177. The van der Waals surface area contributed by atoms with Gasteiger partial charge in [-0.3, -0.25) is 4.79 Å². The molecule has 0 aliphatic heterocycles. The molecule has 1 saturated carbocycles. The van der Waals surface area contributed by atoms with Crippen LogP contribution in [0.1, 0.15) is 44.1 Å². The van der Waals surface area contributed by atoms with Crippen LogP contribution in [0, 0.1) is 17.2 Å². The van der Waals surface area contributed by atoms with Crippen LogP contribution in [0.4, 0.5) is 5.69 Å². The monoisotopic (exact) mass is 256 g/mol. The highest BCUT2D eigenvalue weighted by Crippen LogP contribution is 2.27. The second-order valence-electron chi connectivity index (χ2n) is 5.32. The fraction of sp³-hybridized carbons (Fsp3) is 0.500. The summed E-state index contributed by atoms with van der Waals surface area (Å²) in [5.41, 5.74) is 1.48. The smallest absolute Gasteiger partial charge is 0.226 e. The number of benzene rings is 1. The fourth-order valence-corrected chi connectivity index (χ4v) is 2.68. The molecule has 2 rings (SSSR count). The highest BCUT2D eigenvalue weighted by Gasteiger charge is 2.19. The number of anilines is 1. The number of nitriles is 1. The number of carbonyl (C=O) groups excluding carboxylic acids is 1. The first-order valence-corrected chi connectivity index (χ1v) is 6.97. The zero-order valence-corrected chi connectivity index (χ0v) is 11.4. The Kier molecular flexibility index (Phi) is 4.57.